The number of hydrogen-bond acceptors (Lipinski definition) is 4. The van der Waals surface area contributed by atoms with Gasteiger partial charge in [-0.3, -0.25) is 4.31 Å². The molecular formula is C9H10N2O4S. The molecule has 1 aliphatic rings. The minimum atomic E-state index is -3.30. The molecule has 16 heavy (non-hydrogen) atoms. The zero-order valence-corrected chi connectivity index (χ0v) is 9.14. The van der Waals surface area contributed by atoms with Crippen molar-refractivity contribution in [3.63, 3.8) is 0 Å². The number of sulfonamides is 1. The molecule has 0 radical (unpaired) electrons. The fourth-order valence-corrected chi connectivity index (χ4v) is 3.09. The smallest absolute Gasteiger partial charge is 0.354 e. The van der Waals surface area contributed by atoms with Crippen molar-refractivity contribution < 1.29 is 18.3 Å². The summed E-state index contributed by atoms with van der Waals surface area (Å²) in [4.78, 5) is 14.5. The molecule has 86 valence electrons. The van der Waals surface area contributed by atoms with Crippen LogP contribution < -0.4 is 4.31 Å². The number of pyridine rings is 1. The molecule has 6 nitrogen and oxygen atoms in total. The maximum atomic E-state index is 11.6. The van der Waals surface area contributed by atoms with Crippen LogP contribution in [-0.4, -0.2) is 36.8 Å². The van der Waals surface area contributed by atoms with Crippen molar-refractivity contribution in [2.45, 2.75) is 6.42 Å². The molecule has 1 saturated heterocycles. The average Bonchev–Trinajstić information content (AvgIpc) is 2.58. The Hall–Kier alpha value is -1.63. The van der Waals surface area contributed by atoms with Gasteiger partial charge < -0.3 is 5.11 Å². The van der Waals surface area contributed by atoms with E-state index in [1.165, 1.54) is 18.2 Å². The Morgan fingerprint density at radius 1 is 1.44 bits per heavy atom. The van der Waals surface area contributed by atoms with E-state index in [0.29, 0.717) is 13.0 Å². The largest absolute Gasteiger partial charge is 0.477 e. The first-order valence-corrected chi connectivity index (χ1v) is 6.32. The molecule has 0 atom stereocenters. The molecule has 1 fully saturated rings. The van der Waals surface area contributed by atoms with Crippen LogP contribution in [0.1, 0.15) is 16.9 Å². The summed E-state index contributed by atoms with van der Waals surface area (Å²) in [6, 6.07) is 4.31. The third-order valence-corrected chi connectivity index (χ3v) is 4.15. The van der Waals surface area contributed by atoms with Gasteiger partial charge in [-0.25, -0.2) is 18.2 Å². The Bertz CT molecular complexity index is 526. The minimum Gasteiger partial charge on any atom is -0.477 e. The van der Waals surface area contributed by atoms with Gasteiger partial charge in [0.25, 0.3) is 0 Å². The Balaban J connectivity index is 2.41. The minimum absolute atomic E-state index is 0.0893. The van der Waals surface area contributed by atoms with E-state index in [4.69, 9.17) is 5.11 Å². The molecular weight excluding hydrogens is 232 g/mol. The predicted octanol–water partition coefficient (Wildman–Crippen LogP) is 0.320. The van der Waals surface area contributed by atoms with Crippen LogP contribution in [-0.2, 0) is 10.0 Å². The predicted molar refractivity (Wildman–Crippen MR) is 56.9 cm³/mol. The number of aromatic carboxylic acids is 1. The van der Waals surface area contributed by atoms with Gasteiger partial charge in [-0.1, -0.05) is 6.07 Å². The summed E-state index contributed by atoms with van der Waals surface area (Å²) in [6.45, 7) is 0.360. The number of rotatable bonds is 2. The van der Waals surface area contributed by atoms with E-state index in [1.54, 1.807) is 0 Å². The Morgan fingerprint density at radius 2 is 2.19 bits per heavy atom. The SMILES string of the molecule is O=C(O)c1cccc(N2CCCS2(=O)=O)n1. The van der Waals surface area contributed by atoms with Gasteiger partial charge in [-0.05, 0) is 18.6 Å². The van der Waals surface area contributed by atoms with Crippen molar-refractivity contribution >= 4 is 21.8 Å². The molecule has 1 aromatic rings. The van der Waals surface area contributed by atoms with Crippen molar-refractivity contribution in [3.8, 4) is 0 Å². The molecule has 0 saturated carbocycles. The van der Waals surface area contributed by atoms with E-state index in [0.717, 1.165) is 4.31 Å². The number of hydrogen-bond donors (Lipinski definition) is 1. The van der Waals surface area contributed by atoms with Crippen LogP contribution in [0.4, 0.5) is 5.82 Å². The fraction of sp³-hybridized carbons (Fsp3) is 0.333. The normalized spacial score (nSPS) is 18.6. The highest BCUT2D eigenvalue weighted by atomic mass is 32.2. The molecule has 1 N–H and O–H groups in total. The number of anilines is 1. The van der Waals surface area contributed by atoms with Gasteiger partial charge in [-0.15, -0.1) is 0 Å². The monoisotopic (exact) mass is 242 g/mol. The molecule has 0 spiro atoms. The number of carboxylic acid groups (broad SMARTS) is 1. The summed E-state index contributed by atoms with van der Waals surface area (Å²) in [5, 5.41) is 8.75. The Kier molecular flexibility index (Phi) is 2.55. The third kappa shape index (κ3) is 1.85. The molecule has 2 heterocycles. The summed E-state index contributed by atoms with van der Waals surface area (Å²) in [6.07, 6.45) is 0.543. The van der Waals surface area contributed by atoms with Crippen LogP contribution in [0.2, 0.25) is 0 Å². The first kappa shape index (κ1) is 10.9. The molecule has 1 aromatic heterocycles. The van der Waals surface area contributed by atoms with Crippen molar-refractivity contribution in [3.05, 3.63) is 23.9 Å². The summed E-state index contributed by atoms with van der Waals surface area (Å²) in [5.74, 6) is -0.901. The molecule has 0 amide bonds. The van der Waals surface area contributed by atoms with Crippen molar-refractivity contribution in [2.24, 2.45) is 0 Å². The Labute approximate surface area is 92.6 Å². The van der Waals surface area contributed by atoms with Crippen LogP contribution in [0.5, 0.6) is 0 Å². The van der Waals surface area contributed by atoms with Crippen molar-refractivity contribution in [1.82, 2.24) is 4.98 Å². The third-order valence-electron chi connectivity index (χ3n) is 2.31. The van der Waals surface area contributed by atoms with E-state index in [2.05, 4.69) is 4.98 Å². The quantitative estimate of drug-likeness (QED) is 0.806. The van der Waals surface area contributed by atoms with Gasteiger partial charge in [0.2, 0.25) is 10.0 Å². The zero-order valence-electron chi connectivity index (χ0n) is 8.33. The maximum Gasteiger partial charge on any atom is 0.354 e. The van der Waals surface area contributed by atoms with E-state index in [-0.39, 0.29) is 17.3 Å². The van der Waals surface area contributed by atoms with Crippen molar-refractivity contribution in [1.29, 1.82) is 0 Å². The van der Waals surface area contributed by atoms with Gasteiger partial charge in [0.05, 0.1) is 5.75 Å². The molecule has 0 unspecified atom stereocenters. The lowest BCUT2D eigenvalue weighted by atomic mass is 10.3. The number of carbonyl (C=O) groups is 1. The van der Waals surface area contributed by atoms with Crippen molar-refractivity contribution in [2.75, 3.05) is 16.6 Å². The number of aromatic nitrogens is 1. The zero-order chi connectivity index (χ0) is 11.8. The molecule has 1 aliphatic heterocycles. The van der Waals surface area contributed by atoms with Crippen LogP contribution in [0, 0.1) is 0 Å². The summed E-state index contributed by atoms with van der Waals surface area (Å²) >= 11 is 0. The maximum absolute atomic E-state index is 11.6. The first-order chi connectivity index (χ1) is 7.50. The molecule has 0 aliphatic carbocycles. The second-order valence-electron chi connectivity index (χ2n) is 3.43. The fourth-order valence-electron chi connectivity index (χ4n) is 1.58. The Morgan fingerprint density at radius 3 is 2.75 bits per heavy atom. The van der Waals surface area contributed by atoms with E-state index in [9.17, 15) is 13.2 Å². The lowest BCUT2D eigenvalue weighted by Crippen LogP contribution is -2.26. The summed E-state index contributed by atoms with van der Waals surface area (Å²) < 4.78 is 24.3. The standard InChI is InChI=1S/C9H10N2O4S/c12-9(13)7-3-1-4-8(10-7)11-5-2-6-16(11,14)15/h1,3-4H,2,5-6H2,(H,12,13). The van der Waals surface area contributed by atoms with Crippen LogP contribution in [0.15, 0.2) is 18.2 Å². The van der Waals surface area contributed by atoms with Crippen LogP contribution in [0.3, 0.4) is 0 Å². The summed E-state index contributed by atoms with van der Waals surface area (Å²) in [7, 11) is -3.30. The highest BCUT2D eigenvalue weighted by Crippen LogP contribution is 2.21. The second-order valence-corrected chi connectivity index (χ2v) is 5.44. The van der Waals surface area contributed by atoms with Gasteiger partial charge in [0, 0.05) is 6.54 Å². The van der Waals surface area contributed by atoms with E-state index < -0.39 is 16.0 Å². The van der Waals surface area contributed by atoms with Crippen LogP contribution in [0.25, 0.3) is 0 Å². The highest BCUT2D eigenvalue weighted by molar-refractivity contribution is 7.93. The van der Waals surface area contributed by atoms with Gasteiger partial charge in [0.1, 0.15) is 5.82 Å². The summed E-state index contributed by atoms with van der Waals surface area (Å²) in [5.41, 5.74) is -0.153. The molecule has 0 bridgehead atoms. The molecule has 0 aromatic carbocycles. The van der Waals surface area contributed by atoms with Crippen LogP contribution >= 0.6 is 0 Å². The average molecular weight is 242 g/mol. The highest BCUT2D eigenvalue weighted by Gasteiger charge is 2.29. The topological polar surface area (TPSA) is 87.6 Å². The molecule has 2 rings (SSSR count). The number of nitrogens with zero attached hydrogens (tertiary/aromatic N) is 2. The molecule has 7 heteroatoms. The lowest BCUT2D eigenvalue weighted by Gasteiger charge is -2.15. The first-order valence-electron chi connectivity index (χ1n) is 4.71. The number of carboxylic acids is 1. The van der Waals surface area contributed by atoms with E-state index >= 15 is 0 Å². The second kappa shape index (κ2) is 3.75. The van der Waals surface area contributed by atoms with Gasteiger partial charge in [-0.2, -0.15) is 0 Å². The van der Waals surface area contributed by atoms with Gasteiger partial charge in [0.15, 0.2) is 5.69 Å². The lowest BCUT2D eigenvalue weighted by molar-refractivity contribution is 0.0690. The van der Waals surface area contributed by atoms with Gasteiger partial charge >= 0.3 is 5.97 Å². The van der Waals surface area contributed by atoms with E-state index in [1.807, 2.05) is 0 Å².